The van der Waals surface area contributed by atoms with Crippen molar-refractivity contribution >= 4 is 5.97 Å². The minimum Gasteiger partial charge on any atom is -0.457 e. The SMILES string of the molecule is CCC(C)(C)C(=O)O[C@H]1C[C@@H](C)C=C2C=C[C@H](C)C(C)=C21. The third kappa shape index (κ3) is 3.14. The van der Waals surface area contributed by atoms with Gasteiger partial charge in [0.1, 0.15) is 6.10 Å². The molecule has 0 aliphatic heterocycles. The summed E-state index contributed by atoms with van der Waals surface area (Å²) >= 11 is 0. The third-order valence-corrected chi connectivity index (χ3v) is 5.04. The van der Waals surface area contributed by atoms with Gasteiger partial charge in [-0.3, -0.25) is 4.79 Å². The summed E-state index contributed by atoms with van der Waals surface area (Å²) in [7, 11) is 0. The molecule has 0 aromatic heterocycles. The molecular weight excluding hydrogens is 260 g/mol. The van der Waals surface area contributed by atoms with Crippen molar-refractivity contribution < 1.29 is 9.53 Å². The Morgan fingerprint density at radius 3 is 2.67 bits per heavy atom. The summed E-state index contributed by atoms with van der Waals surface area (Å²) in [5.74, 6) is 0.786. The minimum atomic E-state index is -0.408. The summed E-state index contributed by atoms with van der Waals surface area (Å²) in [4.78, 5) is 12.5. The van der Waals surface area contributed by atoms with Crippen molar-refractivity contribution in [3.63, 3.8) is 0 Å². The molecule has 0 radical (unpaired) electrons. The van der Waals surface area contributed by atoms with Crippen LogP contribution >= 0.6 is 0 Å². The zero-order valence-corrected chi connectivity index (χ0v) is 14.2. The zero-order valence-electron chi connectivity index (χ0n) is 14.2. The number of hydrogen-bond donors (Lipinski definition) is 0. The number of carbonyl (C=O) groups excluding carboxylic acids is 1. The van der Waals surface area contributed by atoms with Crippen LogP contribution in [0.15, 0.2) is 34.9 Å². The van der Waals surface area contributed by atoms with Gasteiger partial charge in [-0.2, -0.15) is 0 Å². The van der Waals surface area contributed by atoms with E-state index in [-0.39, 0.29) is 12.1 Å². The topological polar surface area (TPSA) is 26.3 Å². The fraction of sp³-hybridized carbons (Fsp3) is 0.632. The van der Waals surface area contributed by atoms with E-state index in [4.69, 9.17) is 4.74 Å². The normalized spacial score (nSPS) is 29.0. The summed E-state index contributed by atoms with van der Waals surface area (Å²) in [6.45, 7) is 12.5. The number of carbonyl (C=O) groups is 1. The van der Waals surface area contributed by atoms with Crippen LogP contribution in [0.3, 0.4) is 0 Å². The van der Waals surface area contributed by atoms with Gasteiger partial charge in [0.25, 0.3) is 0 Å². The molecule has 0 heterocycles. The van der Waals surface area contributed by atoms with E-state index in [1.54, 1.807) is 0 Å². The average molecular weight is 288 g/mol. The lowest BCUT2D eigenvalue weighted by molar-refractivity contribution is -0.158. The molecular formula is C19H28O2. The van der Waals surface area contributed by atoms with Crippen molar-refractivity contribution in [1.29, 1.82) is 0 Å². The van der Waals surface area contributed by atoms with Crippen LogP contribution in [0.2, 0.25) is 0 Å². The highest BCUT2D eigenvalue weighted by Gasteiger charge is 2.35. The lowest BCUT2D eigenvalue weighted by Crippen LogP contribution is -2.34. The quantitative estimate of drug-likeness (QED) is 0.696. The van der Waals surface area contributed by atoms with Crippen molar-refractivity contribution in [2.45, 2.75) is 60.5 Å². The van der Waals surface area contributed by atoms with E-state index in [0.29, 0.717) is 11.8 Å². The van der Waals surface area contributed by atoms with Crippen LogP contribution in [0.4, 0.5) is 0 Å². The van der Waals surface area contributed by atoms with E-state index in [1.807, 2.05) is 20.8 Å². The van der Waals surface area contributed by atoms with Gasteiger partial charge in [-0.25, -0.2) is 0 Å². The van der Waals surface area contributed by atoms with Crippen molar-refractivity contribution in [3.8, 4) is 0 Å². The van der Waals surface area contributed by atoms with Crippen molar-refractivity contribution in [2.75, 3.05) is 0 Å². The summed E-state index contributed by atoms with van der Waals surface area (Å²) in [5.41, 5.74) is 3.41. The molecule has 2 heteroatoms. The van der Waals surface area contributed by atoms with Crippen LogP contribution < -0.4 is 0 Å². The molecule has 0 bridgehead atoms. The first-order valence-corrected chi connectivity index (χ1v) is 8.08. The van der Waals surface area contributed by atoms with Crippen LogP contribution in [0.25, 0.3) is 0 Å². The van der Waals surface area contributed by atoms with E-state index < -0.39 is 5.41 Å². The Morgan fingerprint density at radius 2 is 2.05 bits per heavy atom. The van der Waals surface area contributed by atoms with Gasteiger partial charge in [0.05, 0.1) is 5.41 Å². The summed E-state index contributed by atoms with van der Waals surface area (Å²) in [6, 6.07) is 0. The molecule has 0 unspecified atom stereocenters. The lowest BCUT2D eigenvalue weighted by Gasteiger charge is -2.35. The van der Waals surface area contributed by atoms with Gasteiger partial charge < -0.3 is 4.74 Å². The predicted octanol–water partition coefficient (Wildman–Crippen LogP) is 4.82. The molecule has 2 aliphatic rings. The fourth-order valence-corrected chi connectivity index (χ4v) is 2.91. The molecule has 0 saturated carbocycles. The zero-order chi connectivity index (χ0) is 15.8. The molecule has 2 nitrogen and oxygen atoms in total. The molecule has 2 rings (SSSR count). The Labute approximate surface area is 129 Å². The number of fused-ring (bicyclic) bond motifs is 1. The first kappa shape index (κ1) is 16.1. The standard InChI is InChI=1S/C19H28O2/c1-7-19(5,6)18(20)21-16-11-12(2)10-15-9-8-13(3)14(4)17(15)16/h8-10,12-13,16H,7,11H2,1-6H3/t12-,13-,16-/m0/s1. The monoisotopic (exact) mass is 288 g/mol. The molecule has 0 amide bonds. The minimum absolute atomic E-state index is 0.0778. The lowest BCUT2D eigenvalue weighted by atomic mass is 9.77. The van der Waals surface area contributed by atoms with E-state index in [0.717, 1.165) is 12.8 Å². The molecule has 0 saturated heterocycles. The number of ether oxygens (including phenoxy) is 1. The highest BCUT2D eigenvalue weighted by atomic mass is 16.5. The van der Waals surface area contributed by atoms with Crippen LogP contribution in [0.1, 0.15) is 54.4 Å². The first-order chi connectivity index (χ1) is 9.76. The highest BCUT2D eigenvalue weighted by Crippen LogP contribution is 2.39. The van der Waals surface area contributed by atoms with E-state index >= 15 is 0 Å². The predicted molar refractivity (Wildman–Crippen MR) is 86.8 cm³/mol. The maximum Gasteiger partial charge on any atom is 0.312 e. The summed E-state index contributed by atoms with van der Waals surface area (Å²) in [5, 5.41) is 0. The number of rotatable bonds is 3. The number of hydrogen-bond acceptors (Lipinski definition) is 2. The summed E-state index contributed by atoms with van der Waals surface area (Å²) in [6.07, 6.45) is 8.32. The Morgan fingerprint density at radius 1 is 1.38 bits per heavy atom. The molecule has 0 aromatic rings. The maximum absolute atomic E-state index is 12.5. The molecule has 21 heavy (non-hydrogen) atoms. The van der Waals surface area contributed by atoms with Gasteiger partial charge in [0.15, 0.2) is 0 Å². The second-order valence-corrected chi connectivity index (χ2v) is 7.21. The van der Waals surface area contributed by atoms with Crippen LogP contribution in [-0.2, 0) is 9.53 Å². The van der Waals surface area contributed by atoms with Crippen molar-refractivity contribution in [2.24, 2.45) is 17.3 Å². The van der Waals surface area contributed by atoms with Crippen molar-refractivity contribution in [3.05, 3.63) is 34.9 Å². The van der Waals surface area contributed by atoms with Crippen LogP contribution in [0.5, 0.6) is 0 Å². The Bertz CT molecular complexity index is 520. The first-order valence-electron chi connectivity index (χ1n) is 8.08. The number of esters is 1. The Hall–Kier alpha value is -1.31. The van der Waals surface area contributed by atoms with Gasteiger partial charge >= 0.3 is 5.97 Å². The van der Waals surface area contributed by atoms with E-state index in [1.165, 1.54) is 16.7 Å². The summed E-state index contributed by atoms with van der Waals surface area (Å²) < 4.78 is 5.93. The Kier molecular flexibility index (Phi) is 4.46. The second kappa shape index (κ2) is 5.82. The molecule has 0 spiro atoms. The average Bonchev–Trinajstić information content (AvgIpc) is 2.42. The van der Waals surface area contributed by atoms with Gasteiger partial charge in [0.2, 0.25) is 0 Å². The fourth-order valence-electron chi connectivity index (χ4n) is 2.91. The van der Waals surface area contributed by atoms with Crippen LogP contribution in [-0.4, -0.2) is 12.1 Å². The van der Waals surface area contributed by atoms with Gasteiger partial charge in [-0.15, -0.1) is 0 Å². The highest BCUT2D eigenvalue weighted by molar-refractivity contribution is 5.76. The van der Waals surface area contributed by atoms with Gasteiger partial charge in [0, 0.05) is 0 Å². The van der Waals surface area contributed by atoms with E-state index in [2.05, 4.69) is 39.0 Å². The molecule has 0 N–H and O–H groups in total. The largest absolute Gasteiger partial charge is 0.457 e. The van der Waals surface area contributed by atoms with Gasteiger partial charge in [-0.05, 0) is 56.6 Å². The second-order valence-electron chi connectivity index (χ2n) is 7.21. The van der Waals surface area contributed by atoms with Crippen LogP contribution in [0, 0.1) is 17.3 Å². The smallest absolute Gasteiger partial charge is 0.312 e. The maximum atomic E-state index is 12.5. The molecule has 0 aromatic carbocycles. The molecule has 3 atom stereocenters. The molecule has 116 valence electrons. The van der Waals surface area contributed by atoms with Crippen molar-refractivity contribution in [1.82, 2.24) is 0 Å². The third-order valence-electron chi connectivity index (χ3n) is 5.04. The van der Waals surface area contributed by atoms with E-state index in [9.17, 15) is 4.79 Å². The molecule has 0 fully saturated rings. The number of allylic oxidation sites excluding steroid dienone is 4. The molecule has 2 aliphatic carbocycles. The van der Waals surface area contributed by atoms with Gasteiger partial charge in [-0.1, -0.05) is 44.6 Å². The Balaban J connectivity index is 2.30.